The van der Waals surface area contributed by atoms with Crippen LogP contribution in [0.2, 0.25) is 0 Å². The molecule has 0 radical (unpaired) electrons. The number of carboxylic acid groups (broad SMARTS) is 1. The third-order valence-electron chi connectivity index (χ3n) is 7.63. The minimum Gasteiger partial charge on any atom is -0.491 e. The van der Waals surface area contributed by atoms with E-state index < -0.39 is 17.2 Å². The first-order chi connectivity index (χ1) is 13.0. The van der Waals surface area contributed by atoms with Gasteiger partial charge in [0, 0.05) is 0 Å². The summed E-state index contributed by atoms with van der Waals surface area (Å²) in [6.07, 6.45) is 7.55. The maximum atomic E-state index is 14.3. The van der Waals surface area contributed by atoms with E-state index in [-0.39, 0.29) is 23.8 Å². The molecule has 0 amide bonds. The van der Waals surface area contributed by atoms with E-state index >= 15 is 0 Å². The number of nitriles is 1. The molecule has 0 atom stereocenters. The molecule has 0 aromatic heterocycles. The highest BCUT2D eigenvalue weighted by atomic mass is 19.1. The number of hydrogen-bond acceptors (Lipinski definition) is 3. The maximum absolute atomic E-state index is 14.3. The Bertz CT molecular complexity index is 811. The minimum atomic E-state index is -1.30. The molecule has 5 fully saturated rings. The quantitative estimate of drug-likeness (QED) is 0.813. The molecule has 142 valence electrons. The van der Waals surface area contributed by atoms with Crippen molar-refractivity contribution in [1.29, 1.82) is 5.26 Å². The molecule has 0 heterocycles. The average molecular weight is 369 g/mol. The summed E-state index contributed by atoms with van der Waals surface area (Å²) in [5.41, 5.74) is -0.155. The lowest BCUT2D eigenvalue weighted by atomic mass is 9.46. The van der Waals surface area contributed by atoms with Gasteiger partial charge in [0.05, 0.1) is 11.5 Å². The van der Waals surface area contributed by atoms with Gasteiger partial charge in [-0.2, -0.15) is 5.26 Å². The fourth-order valence-electron chi connectivity index (χ4n) is 6.31. The number of aromatic carboxylic acids is 1. The van der Waals surface area contributed by atoms with Crippen LogP contribution in [-0.2, 0) is 0 Å². The maximum Gasteiger partial charge on any atom is 0.342 e. The molecule has 5 aliphatic carbocycles. The second-order valence-corrected chi connectivity index (χ2v) is 9.17. The number of benzene rings is 1. The summed E-state index contributed by atoms with van der Waals surface area (Å²) in [6, 6.07) is 5.48. The van der Waals surface area contributed by atoms with Crippen molar-refractivity contribution in [2.24, 2.45) is 29.1 Å². The van der Waals surface area contributed by atoms with Crippen LogP contribution in [0.5, 0.6) is 5.75 Å². The number of ether oxygens (including phenoxy) is 1. The fourth-order valence-corrected chi connectivity index (χ4v) is 6.31. The van der Waals surface area contributed by atoms with Crippen molar-refractivity contribution in [2.45, 2.75) is 50.9 Å². The zero-order chi connectivity index (χ0) is 18.8. The van der Waals surface area contributed by atoms with E-state index in [0.717, 1.165) is 55.9 Å². The first-order valence-electron chi connectivity index (χ1n) is 10.1. The van der Waals surface area contributed by atoms with Crippen molar-refractivity contribution in [2.75, 3.05) is 6.61 Å². The van der Waals surface area contributed by atoms with Crippen molar-refractivity contribution >= 4 is 5.97 Å². The Morgan fingerprint density at radius 2 is 1.81 bits per heavy atom. The van der Waals surface area contributed by atoms with Crippen LogP contribution in [0.25, 0.3) is 0 Å². The lowest BCUT2D eigenvalue weighted by molar-refractivity contribution is -0.0944. The van der Waals surface area contributed by atoms with Crippen LogP contribution < -0.4 is 4.74 Å². The molecule has 0 aliphatic heterocycles. The second-order valence-electron chi connectivity index (χ2n) is 9.17. The summed E-state index contributed by atoms with van der Waals surface area (Å²) < 4.78 is 20.4. The number of halogens is 1. The van der Waals surface area contributed by atoms with Gasteiger partial charge < -0.3 is 9.84 Å². The molecule has 4 nitrogen and oxygen atoms in total. The van der Waals surface area contributed by atoms with E-state index in [1.807, 2.05) is 0 Å². The van der Waals surface area contributed by atoms with Crippen LogP contribution in [0, 0.1) is 46.2 Å². The van der Waals surface area contributed by atoms with E-state index in [0.29, 0.717) is 11.8 Å². The van der Waals surface area contributed by atoms with Gasteiger partial charge >= 0.3 is 5.97 Å². The molecule has 0 unspecified atom stereocenters. The number of hydrogen-bond donors (Lipinski definition) is 1. The van der Waals surface area contributed by atoms with Crippen LogP contribution in [0.15, 0.2) is 12.1 Å². The van der Waals surface area contributed by atoms with Crippen molar-refractivity contribution in [3.63, 3.8) is 0 Å². The molecule has 5 aliphatic rings. The van der Waals surface area contributed by atoms with Crippen LogP contribution >= 0.6 is 0 Å². The highest BCUT2D eigenvalue weighted by Crippen LogP contribution is 2.62. The van der Waals surface area contributed by atoms with Gasteiger partial charge in [0.1, 0.15) is 23.7 Å². The molecule has 27 heavy (non-hydrogen) atoms. The van der Waals surface area contributed by atoms with Gasteiger partial charge in [0.2, 0.25) is 0 Å². The normalized spacial score (nSPS) is 36.4. The van der Waals surface area contributed by atoms with Crippen LogP contribution in [0.3, 0.4) is 0 Å². The van der Waals surface area contributed by atoms with E-state index in [1.54, 1.807) is 6.07 Å². The van der Waals surface area contributed by atoms with Crippen molar-refractivity contribution in [3.8, 4) is 11.8 Å². The summed E-state index contributed by atoms with van der Waals surface area (Å²) in [5.74, 6) is 0.456. The number of carboxylic acids is 1. The largest absolute Gasteiger partial charge is 0.491 e. The minimum absolute atomic E-state index is 0.161. The molecular formula is C22H24FNO3. The Labute approximate surface area is 158 Å². The standard InChI is InChI=1S/C22H24FNO3/c23-18-4-3-17(14-1-2-14)20(19(18)21(25)26)27-11-22(10-24)15-6-12-5-13(8-15)9-16(22)7-12/h3-4,12-16H,1-2,5-9,11H2,(H,25,26). The van der Waals surface area contributed by atoms with Crippen molar-refractivity contribution in [3.05, 3.63) is 29.1 Å². The highest BCUT2D eigenvalue weighted by molar-refractivity contribution is 5.92. The predicted molar refractivity (Wildman–Crippen MR) is 95.9 cm³/mol. The van der Waals surface area contributed by atoms with E-state index in [9.17, 15) is 19.6 Å². The summed E-state index contributed by atoms with van der Waals surface area (Å²) in [5, 5.41) is 19.7. The van der Waals surface area contributed by atoms with Gasteiger partial charge in [-0.1, -0.05) is 6.07 Å². The number of rotatable bonds is 5. The first-order valence-corrected chi connectivity index (χ1v) is 10.1. The Balaban J connectivity index is 1.48. The molecule has 0 saturated heterocycles. The summed E-state index contributed by atoms with van der Waals surface area (Å²) in [7, 11) is 0. The molecular weight excluding hydrogens is 345 g/mol. The van der Waals surface area contributed by atoms with Crippen molar-refractivity contribution < 1.29 is 19.0 Å². The lowest BCUT2D eigenvalue weighted by Gasteiger charge is -2.58. The molecule has 1 N–H and O–H groups in total. The zero-order valence-corrected chi connectivity index (χ0v) is 15.3. The van der Waals surface area contributed by atoms with E-state index in [2.05, 4.69) is 6.07 Å². The molecule has 5 saturated carbocycles. The number of carbonyl (C=O) groups is 1. The summed E-state index contributed by atoms with van der Waals surface area (Å²) >= 11 is 0. The molecule has 5 heteroatoms. The molecule has 0 spiro atoms. The van der Waals surface area contributed by atoms with Crippen LogP contribution in [0.1, 0.15) is 66.8 Å². The SMILES string of the molecule is N#CC1(COc2c(C3CC3)ccc(F)c2C(=O)O)C2CC3CC(C2)CC1C3. The fraction of sp³-hybridized carbons (Fsp3) is 0.636. The third kappa shape index (κ3) is 2.56. The Hall–Kier alpha value is -2.09. The van der Waals surface area contributed by atoms with E-state index in [4.69, 9.17) is 4.74 Å². The lowest BCUT2D eigenvalue weighted by Crippen LogP contribution is -2.54. The predicted octanol–water partition coefficient (Wildman–Crippen LogP) is 4.75. The Kier molecular flexibility index (Phi) is 3.76. The van der Waals surface area contributed by atoms with Gasteiger partial charge in [0.15, 0.2) is 0 Å². The Morgan fingerprint density at radius 3 is 2.33 bits per heavy atom. The summed E-state index contributed by atoms with van der Waals surface area (Å²) in [6.45, 7) is 0.182. The molecule has 4 bridgehead atoms. The number of nitrogens with zero attached hydrogens (tertiary/aromatic N) is 1. The smallest absolute Gasteiger partial charge is 0.342 e. The van der Waals surface area contributed by atoms with Crippen LogP contribution in [-0.4, -0.2) is 17.7 Å². The third-order valence-corrected chi connectivity index (χ3v) is 7.63. The first kappa shape index (κ1) is 17.0. The molecule has 1 aromatic rings. The van der Waals surface area contributed by atoms with Crippen LogP contribution in [0.4, 0.5) is 4.39 Å². The zero-order valence-electron chi connectivity index (χ0n) is 15.3. The Morgan fingerprint density at radius 1 is 1.19 bits per heavy atom. The topological polar surface area (TPSA) is 70.3 Å². The van der Waals surface area contributed by atoms with Gasteiger partial charge in [-0.25, -0.2) is 9.18 Å². The van der Waals surface area contributed by atoms with Crippen molar-refractivity contribution in [1.82, 2.24) is 0 Å². The summed E-state index contributed by atoms with van der Waals surface area (Å²) in [4.78, 5) is 11.7. The monoisotopic (exact) mass is 369 g/mol. The highest BCUT2D eigenvalue weighted by Gasteiger charge is 2.58. The van der Waals surface area contributed by atoms with Gasteiger partial charge in [0.25, 0.3) is 0 Å². The molecule has 6 rings (SSSR count). The van der Waals surface area contributed by atoms with Gasteiger partial charge in [-0.15, -0.1) is 0 Å². The molecule has 1 aromatic carbocycles. The average Bonchev–Trinajstić information content (AvgIpc) is 3.46. The van der Waals surface area contributed by atoms with E-state index in [1.165, 1.54) is 12.5 Å². The van der Waals surface area contributed by atoms with Gasteiger partial charge in [-0.3, -0.25) is 0 Å². The second kappa shape index (κ2) is 5.95. The van der Waals surface area contributed by atoms with Gasteiger partial charge in [-0.05, 0) is 86.2 Å².